The smallest absolute Gasteiger partial charge is 0.323 e. The average molecular weight is 384 g/mol. The van der Waals surface area contributed by atoms with Gasteiger partial charge in [0.1, 0.15) is 21.0 Å². The van der Waals surface area contributed by atoms with Gasteiger partial charge in [-0.3, -0.25) is 0 Å². The molecule has 0 spiro atoms. The lowest BCUT2D eigenvalue weighted by atomic mass is 10.1. The van der Waals surface area contributed by atoms with Gasteiger partial charge in [0, 0.05) is 12.1 Å². The number of nitrogens with zero attached hydrogens (tertiary/aromatic N) is 2. The number of halogens is 4. The quantitative estimate of drug-likeness (QED) is 0.409. The number of aromatic nitrogens is 3. The standard InChI is InChI=1S/C6H3Cl2N3O.C5H7Cl2N3/c7-3-1-2-4(5(8)10-3)11-6(12)9-2;6-3-1-2(8)4(9)5(7)10-3/h1H,(H2,9,11,12);1-2,4H,8-9H2. The third-order valence-corrected chi connectivity index (χ3v) is 3.68. The number of imidazole rings is 1. The first-order chi connectivity index (χ1) is 10.3. The van der Waals surface area contributed by atoms with Gasteiger partial charge >= 0.3 is 5.69 Å². The fraction of sp³-hybridized carbons (Fsp3) is 0.182. The van der Waals surface area contributed by atoms with Crippen molar-refractivity contribution in [2.45, 2.75) is 12.1 Å². The molecular formula is C11H10Cl4N6O. The fourth-order valence-corrected chi connectivity index (χ4v) is 2.60. The summed E-state index contributed by atoms with van der Waals surface area (Å²) in [4.78, 5) is 23.3. The molecule has 0 bridgehead atoms. The van der Waals surface area contributed by atoms with Crippen LogP contribution in [0.3, 0.4) is 0 Å². The van der Waals surface area contributed by atoms with Crippen LogP contribution >= 0.6 is 46.4 Å². The van der Waals surface area contributed by atoms with Crippen LogP contribution in [0.15, 0.2) is 27.1 Å². The minimum Gasteiger partial charge on any atom is -0.323 e. The molecule has 11 heteroatoms. The molecule has 3 rings (SSSR count). The normalized spacial score (nSPS) is 21.0. The number of rotatable bonds is 0. The Morgan fingerprint density at radius 1 is 1.14 bits per heavy atom. The van der Waals surface area contributed by atoms with E-state index in [-0.39, 0.29) is 27.2 Å². The second-order valence-corrected chi connectivity index (χ2v) is 5.78. The van der Waals surface area contributed by atoms with Gasteiger partial charge in [0.25, 0.3) is 0 Å². The van der Waals surface area contributed by atoms with Crippen molar-refractivity contribution in [3.8, 4) is 0 Å². The van der Waals surface area contributed by atoms with Crippen LogP contribution in [0.4, 0.5) is 0 Å². The van der Waals surface area contributed by atoms with Gasteiger partial charge in [-0.15, -0.1) is 0 Å². The van der Waals surface area contributed by atoms with Gasteiger partial charge in [0.15, 0.2) is 5.15 Å². The summed E-state index contributed by atoms with van der Waals surface area (Å²) < 4.78 is 0. The highest BCUT2D eigenvalue weighted by molar-refractivity contribution is 6.67. The highest BCUT2D eigenvalue weighted by Crippen LogP contribution is 2.19. The van der Waals surface area contributed by atoms with Crippen LogP contribution < -0.4 is 17.2 Å². The molecule has 1 aliphatic heterocycles. The highest BCUT2D eigenvalue weighted by atomic mass is 35.5. The second kappa shape index (κ2) is 6.99. The van der Waals surface area contributed by atoms with Crippen LogP contribution in [0.2, 0.25) is 10.3 Å². The molecule has 0 fully saturated rings. The zero-order valence-corrected chi connectivity index (χ0v) is 13.8. The molecule has 0 aliphatic carbocycles. The molecule has 2 atom stereocenters. The molecule has 3 heterocycles. The van der Waals surface area contributed by atoms with Gasteiger partial charge in [-0.05, 0) is 6.08 Å². The lowest BCUT2D eigenvalue weighted by Crippen LogP contribution is -2.45. The molecule has 6 N–H and O–H groups in total. The molecule has 0 saturated carbocycles. The van der Waals surface area contributed by atoms with Gasteiger partial charge in [0.05, 0.1) is 11.6 Å². The van der Waals surface area contributed by atoms with E-state index in [0.29, 0.717) is 16.2 Å². The zero-order chi connectivity index (χ0) is 16.4. The fourth-order valence-electron chi connectivity index (χ4n) is 1.60. The molecule has 1 aliphatic rings. The molecule has 22 heavy (non-hydrogen) atoms. The minimum atomic E-state index is -0.413. The maximum Gasteiger partial charge on any atom is 0.323 e. The van der Waals surface area contributed by atoms with Gasteiger partial charge in [-0.2, -0.15) is 0 Å². The van der Waals surface area contributed by atoms with Crippen molar-refractivity contribution in [2.75, 3.05) is 0 Å². The van der Waals surface area contributed by atoms with Gasteiger partial charge in [-0.1, -0.05) is 46.4 Å². The summed E-state index contributed by atoms with van der Waals surface area (Å²) in [6.07, 6.45) is 1.57. The number of hydrogen-bond donors (Lipinski definition) is 4. The number of aromatic amines is 2. The van der Waals surface area contributed by atoms with Gasteiger partial charge in [-0.25, -0.2) is 14.8 Å². The summed E-state index contributed by atoms with van der Waals surface area (Å²) in [7, 11) is 0. The van der Waals surface area contributed by atoms with Crippen LogP contribution in [0.5, 0.6) is 0 Å². The molecule has 0 amide bonds. The van der Waals surface area contributed by atoms with Crippen molar-refractivity contribution in [2.24, 2.45) is 16.5 Å². The first-order valence-electron chi connectivity index (χ1n) is 5.84. The highest BCUT2D eigenvalue weighted by Gasteiger charge is 2.20. The molecule has 7 nitrogen and oxygen atoms in total. The number of nitrogens with one attached hydrogen (secondary N) is 2. The van der Waals surface area contributed by atoms with Crippen molar-refractivity contribution in [1.29, 1.82) is 0 Å². The summed E-state index contributed by atoms with van der Waals surface area (Å²) in [6.45, 7) is 0. The van der Waals surface area contributed by atoms with E-state index in [9.17, 15) is 4.79 Å². The van der Waals surface area contributed by atoms with E-state index in [1.54, 1.807) is 6.08 Å². The maximum atomic E-state index is 10.8. The van der Waals surface area contributed by atoms with E-state index in [2.05, 4.69) is 19.9 Å². The monoisotopic (exact) mass is 382 g/mol. The minimum absolute atomic E-state index is 0.191. The zero-order valence-electron chi connectivity index (χ0n) is 10.8. The van der Waals surface area contributed by atoms with E-state index < -0.39 is 6.04 Å². The lowest BCUT2D eigenvalue weighted by molar-refractivity contribution is 0.729. The summed E-state index contributed by atoms with van der Waals surface area (Å²) in [5, 5.41) is 1.01. The van der Waals surface area contributed by atoms with E-state index in [0.717, 1.165) is 0 Å². The number of fused-ring (bicyclic) bond motifs is 1. The molecule has 0 radical (unpaired) electrons. The number of pyridine rings is 1. The Morgan fingerprint density at radius 2 is 1.82 bits per heavy atom. The molecule has 2 unspecified atom stereocenters. The van der Waals surface area contributed by atoms with E-state index in [4.69, 9.17) is 57.9 Å². The SMILES string of the molecule is NC1C=C(Cl)N=C(Cl)C1N.O=c1[nH]c2cc(Cl)nc(Cl)c2[nH]1. The predicted molar refractivity (Wildman–Crippen MR) is 89.9 cm³/mol. The maximum absolute atomic E-state index is 10.8. The van der Waals surface area contributed by atoms with E-state index in [1.807, 2.05) is 0 Å². The van der Waals surface area contributed by atoms with Gasteiger partial charge < -0.3 is 21.4 Å². The van der Waals surface area contributed by atoms with E-state index in [1.165, 1.54) is 6.07 Å². The summed E-state index contributed by atoms with van der Waals surface area (Å²) >= 11 is 22.4. The topological polar surface area (TPSA) is 126 Å². The average Bonchev–Trinajstić information content (AvgIpc) is 2.77. The van der Waals surface area contributed by atoms with Crippen LogP contribution in [-0.4, -0.2) is 32.2 Å². The van der Waals surface area contributed by atoms with Crippen molar-refractivity contribution in [3.63, 3.8) is 0 Å². The number of hydrogen-bond acceptors (Lipinski definition) is 5. The van der Waals surface area contributed by atoms with Crippen LogP contribution in [0.25, 0.3) is 11.0 Å². The van der Waals surface area contributed by atoms with Crippen LogP contribution in [0, 0.1) is 0 Å². The van der Waals surface area contributed by atoms with Crippen LogP contribution in [0.1, 0.15) is 0 Å². The third-order valence-electron chi connectivity index (χ3n) is 2.66. The predicted octanol–water partition coefficient (Wildman–Crippen LogP) is 1.93. The van der Waals surface area contributed by atoms with Crippen LogP contribution in [-0.2, 0) is 0 Å². The van der Waals surface area contributed by atoms with Crippen molar-refractivity contribution in [1.82, 2.24) is 15.0 Å². The molecule has 2 aromatic heterocycles. The van der Waals surface area contributed by atoms with E-state index >= 15 is 0 Å². The molecule has 2 aromatic rings. The van der Waals surface area contributed by atoms with Crippen molar-refractivity contribution in [3.05, 3.63) is 38.1 Å². The Morgan fingerprint density at radius 3 is 2.45 bits per heavy atom. The lowest BCUT2D eigenvalue weighted by Gasteiger charge is -2.18. The Kier molecular flexibility index (Phi) is 5.49. The summed E-state index contributed by atoms with van der Waals surface area (Å²) in [5.41, 5.74) is 11.7. The molecular weight excluding hydrogens is 374 g/mol. The van der Waals surface area contributed by atoms with Crippen molar-refractivity contribution >= 4 is 62.6 Å². The number of H-pyrrole nitrogens is 2. The Hall–Kier alpha value is -1.09. The second-order valence-electron chi connectivity index (χ2n) is 4.26. The number of nitrogens with two attached hydrogens (primary N) is 2. The molecule has 0 aromatic carbocycles. The summed E-state index contributed by atoms with van der Waals surface area (Å²) in [6, 6.07) is 0.794. The Bertz CT molecular complexity index is 811. The number of aliphatic imine (C=N–C) groups is 1. The Labute approximate surface area is 144 Å². The third kappa shape index (κ3) is 4.01. The van der Waals surface area contributed by atoms with Crippen molar-refractivity contribution < 1.29 is 0 Å². The molecule has 0 saturated heterocycles. The first kappa shape index (κ1) is 17.3. The van der Waals surface area contributed by atoms with Gasteiger partial charge in [0.2, 0.25) is 0 Å². The Balaban J connectivity index is 0.000000164. The summed E-state index contributed by atoms with van der Waals surface area (Å²) in [5.74, 6) is 0. The first-order valence-corrected chi connectivity index (χ1v) is 7.35. The largest absolute Gasteiger partial charge is 0.323 e. The molecule has 118 valence electrons.